The van der Waals surface area contributed by atoms with Gasteiger partial charge in [-0.15, -0.1) is 12.4 Å². The minimum absolute atomic E-state index is 0. The maximum atomic E-state index is 12.5. The fraction of sp³-hybridized carbons (Fsp3) is 0.444. The van der Waals surface area contributed by atoms with Crippen molar-refractivity contribution in [2.75, 3.05) is 20.1 Å². The first-order chi connectivity index (χ1) is 12.9. The molecule has 1 aliphatic rings. The van der Waals surface area contributed by atoms with Crippen molar-refractivity contribution in [3.63, 3.8) is 0 Å². The van der Waals surface area contributed by atoms with Crippen LogP contribution in [0.25, 0.3) is 0 Å². The number of likely N-dealkylation sites (N-methyl/N-ethyl adjacent to an activating group) is 1. The molecule has 10 heteroatoms. The molecule has 1 aromatic heterocycles. The molecule has 1 aliphatic heterocycles. The summed E-state index contributed by atoms with van der Waals surface area (Å²) in [6.45, 7) is 1.49. The highest BCUT2D eigenvalue weighted by Gasteiger charge is 2.27. The monoisotopic (exact) mass is 427 g/mol. The first-order valence-electron chi connectivity index (χ1n) is 8.94. The maximum absolute atomic E-state index is 12.5. The average Bonchev–Trinajstić information content (AvgIpc) is 3.33. The molecule has 2 N–H and O–H groups in total. The van der Waals surface area contributed by atoms with E-state index in [2.05, 4.69) is 15.7 Å². The van der Waals surface area contributed by atoms with Crippen LogP contribution in [0, 0.1) is 0 Å². The summed E-state index contributed by atoms with van der Waals surface area (Å²) >= 11 is 0. The fourth-order valence-corrected chi connectivity index (χ4v) is 4.70. The van der Waals surface area contributed by atoms with Crippen LogP contribution in [-0.4, -0.2) is 48.5 Å². The highest BCUT2D eigenvalue weighted by molar-refractivity contribution is 7.89. The van der Waals surface area contributed by atoms with Gasteiger partial charge in [0, 0.05) is 38.4 Å². The van der Waals surface area contributed by atoms with Crippen LogP contribution in [0.3, 0.4) is 0 Å². The Morgan fingerprint density at radius 3 is 2.39 bits per heavy atom. The molecule has 1 unspecified atom stereocenters. The normalized spacial score (nSPS) is 15.8. The number of hydrogen-bond acceptors (Lipinski definition) is 5. The lowest BCUT2D eigenvalue weighted by atomic mass is 10.1. The van der Waals surface area contributed by atoms with E-state index in [-0.39, 0.29) is 18.3 Å². The molecule has 1 aromatic carbocycles. The Morgan fingerprint density at radius 1 is 1.21 bits per heavy atom. The van der Waals surface area contributed by atoms with Crippen molar-refractivity contribution in [2.45, 2.75) is 30.3 Å². The second kappa shape index (κ2) is 9.51. The standard InChI is InChI=1S/C18H25N5O3S.ClH/c1-19-17(15-12-21-22(2)13-15)18(24)20-11-14-5-7-16(8-6-14)27(25,26)23-9-3-4-10-23;/h5-8,12-13,17,19H,3-4,9-11H2,1-2H3,(H,20,24);1H. The van der Waals surface area contributed by atoms with Gasteiger partial charge < -0.3 is 10.6 Å². The molecule has 0 saturated carbocycles. The average molecular weight is 428 g/mol. The van der Waals surface area contributed by atoms with Gasteiger partial charge in [-0.3, -0.25) is 9.48 Å². The number of hydrogen-bond donors (Lipinski definition) is 2. The minimum atomic E-state index is -3.41. The van der Waals surface area contributed by atoms with Crippen LogP contribution in [0.5, 0.6) is 0 Å². The van der Waals surface area contributed by atoms with E-state index in [9.17, 15) is 13.2 Å². The van der Waals surface area contributed by atoms with Gasteiger partial charge in [-0.1, -0.05) is 12.1 Å². The summed E-state index contributed by atoms with van der Waals surface area (Å²) < 4.78 is 28.2. The number of nitrogens with one attached hydrogen (secondary N) is 2. The molecule has 154 valence electrons. The molecule has 0 radical (unpaired) electrons. The van der Waals surface area contributed by atoms with E-state index < -0.39 is 16.1 Å². The Balaban J connectivity index is 0.00000280. The van der Waals surface area contributed by atoms with Crippen LogP contribution in [0.2, 0.25) is 0 Å². The highest BCUT2D eigenvalue weighted by atomic mass is 35.5. The molecule has 2 heterocycles. The Labute approximate surface area is 171 Å². The Hall–Kier alpha value is -1.94. The van der Waals surface area contributed by atoms with Gasteiger partial charge in [0.1, 0.15) is 6.04 Å². The van der Waals surface area contributed by atoms with Crippen molar-refractivity contribution in [1.82, 2.24) is 24.7 Å². The van der Waals surface area contributed by atoms with Gasteiger partial charge in [-0.2, -0.15) is 9.40 Å². The summed E-state index contributed by atoms with van der Waals surface area (Å²) in [5, 5.41) is 9.94. The molecular weight excluding hydrogens is 402 g/mol. The number of benzene rings is 1. The van der Waals surface area contributed by atoms with Gasteiger partial charge in [0.25, 0.3) is 0 Å². The Morgan fingerprint density at radius 2 is 1.86 bits per heavy atom. The third-order valence-electron chi connectivity index (χ3n) is 4.70. The molecule has 1 amide bonds. The maximum Gasteiger partial charge on any atom is 0.243 e. The predicted molar refractivity (Wildman–Crippen MR) is 109 cm³/mol. The molecule has 1 fully saturated rings. The van der Waals surface area contributed by atoms with Crippen LogP contribution >= 0.6 is 12.4 Å². The summed E-state index contributed by atoms with van der Waals surface area (Å²) in [6, 6.07) is 6.19. The first kappa shape index (κ1) is 22.4. The lowest BCUT2D eigenvalue weighted by Crippen LogP contribution is -2.35. The summed E-state index contributed by atoms with van der Waals surface area (Å²) in [5.74, 6) is -0.167. The van der Waals surface area contributed by atoms with E-state index in [1.54, 1.807) is 55.4 Å². The molecule has 1 saturated heterocycles. The van der Waals surface area contributed by atoms with E-state index in [0.29, 0.717) is 24.5 Å². The van der Waals surface area contributed by atoms with Crippen LogP contribution in [0.1, 0.15) is 30.0 Å². The fourth-order valence-electron chi connectivity index (χ4n) is 3.19. The number of sulfonamides is 1. The SMILES string of the molecule is CNC(C(=O)NCc1ccc(S(=O)(=O)N2CCCC2)cc1)c1cnn(C)c1.Cl. The molecule has 8 nitrogen and oxygen atoms in total. The second-order valence-corrected chi connectivity index (χ2v) is 8.58. The van der Waals surface area contributed by atoms with E-state index in [1.165, 1.54) is 4.31 Å². The summed E-state index contributed by atoms with van der Waals surface area (Å²) in [7, 11) is 0.104. The number of aryl methyl sites for hydroxylation is 1. The quantitative estimate of drug-likeness (QED) is 0.692. The molecule has 0 bridgehead atoms. The summed E-state index contributed by atoms with van der Waals surface area (Å²) in [5.41, 5.74) is 1.62. The van der Waals surface area contributed by atoms with Crippen LogP contribution in [0.4, 0.5) is 0 Å². The number of aromatic nitrogens is 2. The molecule has 3 rings (SSSR count). The number of amides is 1. The van der Waals surface area contributed by atoms with Crippen LogP contribution in [0.15, 0.2) is 41.6 Å². The number of nitrogens with zero attached hydrogens (tertiary/aromatic N) is 3. The predicted octanol–water partition coefficient (Wildman–Crippen LogP) is 1.20. The largest absolute Gasteiger partial charge is 0.350 e. The number of halogens is 1. The van der Waals surface area contributed by atoms with Crippen molar-refractivity contribution < 1.29 is 13.2 Å². The molecule has 0 spiro atoms. The van der Waals surface area contributed by atoms with Gasteiger partial charge in [0.2, 0.25) is 15.9 Å². The zero-order chi connectivity index (χ0) is 19.4. The first-order valence-corrected chi connectivity index (χ1v) is 10.4. The zero-order valence-corrected chi connectivity index (χ0v) is 17.6. The van der Waals surface area contributed by atoms with Crippen molar-refractivity contribution in [3.8, 4) is 0 Å². The van der Waals surface area contributed by atoms with Crippen molar-refractivity contribution >= 4 is 28.3 Å². The van der Waals surface area contributed by atoms with E-state index >= 15 is 0 Å². The van der Waals surface area contributed by atoms with Gasteiger partial charge in [-0.25, -0.2) is 8.42 Å². The smallest absolute Gasteiger partial charge is 0.243 e. The molecule has 0 aliphatic carbocycles. The van der Waals surface area contributed by atoms with Gasteiger partial charge in [0.15, 0.2) is 0 Å². The van der Waals surface area contributed by atoms with Gasteiger partial charge in [0.05, 0.1) is 11.1 Å². The zero-order valence-electron chi connectivity index (χ0n) is 16.0. The molecule has 1 atom stereocenters. The topological polar surface area (TPSA) is 96.3 Å². The summed E-state index contributed by atoms with van der Waals surface area (Å²) in [4.78, 5) is 12.7. The van der Waals surface area contributed by atoms with Gasteiger partial charge in [-0.05, 0) is 37.6 Å². The third-order valence-corrected chi connectivity index (χ3v) is 6.61. The second-order valence-electron chi connectivity index (χ2n) is 6.64. The lowest BCUT2D eigenvalue weighted by Gasteiger charge is -2.16. The Bertz CT molecular complexity index is 892. The van der Waals surface area contributed by atoms with Crippen LogP contribution < -0.4 is 10.6 Å². The minimum Gasteiger partial charge on any atom is -0.350 e. The summed E-state index contributed by atoms with van der Waals surface area (Å²) in [6.07, 6.45) is 5.26. The van der Waals surface area contributed by atoms with E-state index in [0.717, 1.165) is 24.0 Å². The number of rotatable bonds is 7. The lowest BCUT2D eigenvalue weighted by molar-refractivity contribution is -0.123. The van der Waals surface area contributed by atoms with Crippen LogP contribution in [-0.2, 0) is 28.4 Å². The van der Waals surface area contributed by atoms with Crippen molar-refractivity contribution in [3.05, 3.63) is 47.8 Å². The third kappa shape index (κ3) is 4.91. The van der Waals surface area contributed by atoms with E-state index in [4.69, 9.17) is 0 Å². The highest BCUT2D eigenvalue weighted by Crippen LogP contribution is 2.21. The van der Waals surface area contributed by atoms with E-state index in [1.807, 2.05) is 0 Å². The van der Waals surface area contributed by atoms with Crippen molar-refractivity contribution in [1.29, 1.82) is 0 Å². The van der Waals surface area contributed by atoms with Crippen molar-refractivity contribution in [2.24, 2.45) is 7.05 Å². The van der Waals surface area contributed by atoms with Gasteiger partial charge >= 0.3 is 0 Å². The molecule has 2 aromatic rings. The number of carbonyl (C=O) groups is 1. The number of carbonyl (C=O) groups excluding carboxylic acids is 1. The molecule has 28 heavy (non-hydrogen) atoms. The Kier molecular flexibility index (Phi) is 7.59. The molecular formula is C18H26ClN5O3S.